The summed E-state index contributed by atoms with van der Waals surface area (Å²) in [5.41, 5.74) is 2.64. The van der Waals surface area contributed by atoms with Crippen LogP contribution in [0.15, 0.2) is 89.1 Å². The van der Waals surface area contributed by atoms with Gasteiger partial charge in [0.25, 0.3) is 0 Å². The van der Waals surface area contributed by atoms with Crippen molar-refractivity contribution in [1.82, 2.24) is 9.97 Å². The first-order chi connectivity index (χ1) is 13.6. The Kier molecular flexibility index (Phi) is 6.69. The molecular weight excluding hydrogens is 391 g/mol. The lowest BCUT2D eigenvalue weighted by atomic mass is 10.2. The van der Waals surface area contributed by atoms with E-state index in [1.165, 1.54) is 5.56 Å². The van der Waals surface area contributed by atoms with Crippen molar-refractivity contribution in [3.05, 3.63) is 94.7 Å². The molecule has 1 aromatic heterocycles. The van der Waals surface area contributed by atoms with Gasteiger partial charge in [0.2, 0.25) is 5.95 Å². The number of hydrogen-bond acceptors (Lipinski definition) is 4. The molecule has 0 saturated heterocycles. The monoisotopic (exact) mass is 410 g/mol. The van der Waals surface area contributed by atoms with Crippen molar-refractivity contribution >= 4 is 45.9 Å². The van der Waals surface area contributed by atoms with Gasteiger partial charge in [0.15, 0.2) is 0 Å². The van der Waals surface area contributed by atoms with Crippen LogP contribution in [0.4, 0.5) is 11.8 Å². The summed E-state index contributed by atoms with van der Waals surface area (Å²) in [5, 5.41) is 8.41. The molecule has 2 aromatic carbocycles. The van der Waals surface area contributed by atoms with Crippen LogP contribution < -0.4 is 10.6 Å². The predicted octanol–water partition coefficient (Wildman–Crippen LogP) is 6.43. The van der Waals surface area contributed by atoms with Gasteiger partial charge in [-0.15, -0.1) is 0 Å². The average molecular weight is 411 g/mol. The van der Waals surface area contributed by atoms with Crippen molar-refractivity contribution in [2.45, 2.75) is 13.5 Å². The molecule has 0 aliphatic heterocycles. The Morgan fingerprint density at radius 1 is 1.04 bits per heavy atom. The summed E-state index contributed by atoms with van der Waals surface area (Å²) >= 11 is 12.1. The Morgan fingerprint density at radius 3 is 2.46 bits per heavy atom. The lowest BCUT2D eigenvalue weighted by Crippen LogP contribution is -2.07. The van der Waals surface area contributed by atoms with Crippen LogP contribution in [-0.4, -0.2) is 9.97 Å². The van der Waals surface area contributed by atoms with Crippen molar-refractivity contribution in [2.75, 3.05) is 10.6 Å². The summed E-state index contributed by atoms with van der Waals surface area (Å²) < 4.78 is 0. The van der Waals surface area contributed by atoms with E-state index in [0.717, 1.165) is 16.7 Å². The van der Waals surface area contributed by atoms with Crippen LogP contribution in [0, 0.1) is 0 Å². The number of fused-ring (bicyclic) bond motifs is 1. The van der Waals surface area contributed by atoms with Crippen molar-refractivity contribution in [3.63, 3.8) is 0 Å². The van der Waals surface area contributed by atoms with Gasteiger partial charge in [-0.05, 0) is 36.8 Å². The molecule has 142 valence electrons. The number of para-hydroxylation sites is 1. The Hall–Kier alpha value is -2.82. The zero-order valence-electron chi connectivity index (χ0n) is 15.4. The second-order valence-electron chi connectivity index (χ2n) is 6.06. The topological polar surface area (TPSA) is 49.8 Å². The number of benzene rings is 2. The Labute approximate surface area is 174 Å². The molecule has 2 N–H and O–H groups in total. The fraction of sp³-hybridized carbons (Fsp3) is 0.0909. The Morgan fingerprint density at radius 2 is 1.75 bits per heavy atom. The maximum Gasteiger partial charge on any atom is 0.229 e. The number of nitrogens with one attached hydrogen (secondary N) is 2. The van der Waals surface area contributed by atoms with E-state index >= 15 is 0 Å². The predicted molar refractivity (Wildman–Crippen MR) is 120 cm³/mol. The fourth-order valence-electron chi connectivity index (χ4n) is 2.56. The van der Waals surface area contributed by atoms with E-state index in [-0.39, 0.29) is 0 Å². The van der Waals surface area contributed by atoms with Crippen LogP contribution >= 0.6 is 23.2 Å². The van der Waals surface area contributed by atoms with Crippen LogP contribution in [0.3, 0.4) is 0 Å². The number of allylic oxidation sites excluding steroid dienone is 4. The first kappa shape index (κ1) is 19.9. The number of anilines is 2. The van der Waals surface area contributed by atoms with Gasteiger partial charge in [-0.25, -0.2) is 4.98 Å². The van der Waals surface area contributed by atoms with E-state index in [4.69, 9.17) is 23.2 Å². The Balaban J connectivity index is 1.93. The molecule has 0 amide bonds. The van der Waals surface area contributed by atoms with Crippen LogP contribution in [-0.2, 0) is 6.54 Å². The quantitative estimate of drug-likeness (QED) is 0.440. The van der Waals surface area contributed by atoms with Crippen molar-refractivity contribution in [1.29, 1.82) is 0 Å². The molecule has 28 heavy (non-hydrogen) atoms. The molecule has 0 aliphatic carbocycles. The third-order valence-electron chi connectivity index (χ3n) is 3.99. The van der Waals surface area contributed by atoms with Gasteiger partial charge in [-0.2, -0.15) is 4.98 Å². The number of aromatic nitrogens is 2. The largest absolute Gasteiger partial charge is 0.365 e. The van der Waals surface area contributed by atoms with Gasteiger partial charge in [-0.1, -0.05) is 72.2 Å². The molecule has 0 fully saturated rings. The summed E-state index contributed by atoms with van der Waals surface area (Å²) in [6.07, 6.45) is 3.32. The highest BCUT2D eigenvalue weighted by Gasteiger charge is 2.08. The van der Waals surface area contributed by atoms with Crippen molar-refractivity contribution < 1.29 is 0 Å². The molecule has 1 heterocycles. The maximum atomic E-state index is 6.13. The van der Waals surface area contributed by atoms with Crippen molar-refractivity contribution in [2.24, 2.45) is 0 Å². The minimum atomic E-state index is 0.423. The van der Waals surface area contributed by atoms with E-state index < -0.39 is 0 Å². The normalized spacial score (nSPS) is 12.5. The molecule has 4 nitrogen and oxygen atoms in total. The van der Waals surface area contributed by atoms with Crippen LogP contribution in [0.25, 0.3) is 10.9 Å². The average Bonchev–Trinajstić information content (AvgIpc) is 2.72. The SMILES string of the molecule is C=C/C(=C/C(Cl)=C(/C)Cl)Nc1nc(NCc2ccccc2)c2ccccc2n1. The molecule has 0 saturated carbocycles. The number of halogens is 2. The van der Waals surface area contributed by atoms with E-state index in [1.54, 1.807) is 19.1 Å². The summed E-state index contributed by atoms with van der Waals surface area (Å²) in [6.45, 7) is 6.18. The van der Waals surface area contributed by atoms with Crippen LogP contribution in [0.5, 0.6) is 0 Å². The van der Waals surface area contributed by atoms with Gasteiger partial charge in [0.1, 0.15) is 5.82 Å². The highest BCUT2D eigenvalue weighted by atomic mass is 35.5. The Bertz CT molecular complexity index is 1040. The van der Waals surface area contributed by atoms with Gasteiger partial charge < -0.3 is 10.6 Å². The lowest BCUT2D eigenvalue weighted by molar-refractivity contribution is 1.10. The van der Waals surface area contributed by atoms with Crippen LogP contribution in [0.2, 0.25) is 0 Å². The third kappa shape index (κ3) is 5.12. The van der Waals surface area contributed by atoms with E-state index in [0.29, 0.717) is 28.3 Å². The second kappa shape index (κ2) is 9.40. The molecule has 0 aliphatic rings. The summed E-state index contributed by atoms with van der Waals surface area (Å²) in [5.74, 6) is 1.19. The third-order valence-corrected chi connectivity index (χ3v) is 4.69. The lowest BCUT2D eigenvalue weighted by Gasteiger charge is -2.12. The minimum Gasteiger partial charge on any atom is -0.365 e. The number of rotatable bonds is 7. The second-order valence-corrected chi connectivity index (χ2v) is 7.04. The maximum absolute atomic E-state index is 6.13. The molecule has 0 atom stereocenters. The van der Waals surface area contributed by atoms with Gasteiger partial charge >= 0.3 is 0 Å². The van der Waals surface area contributed by atoms with E-state index in [1.807, 2.05) is 42.5 Å². The van der Waals surface area contributed by atoms with E-state index in [2.05, 4.69) is 39.3 Å². The number of nitrogens with zero attached hydrogens (tertiary/aromatic N) is 2. The fourth-order valence-corrected chi connectivity index (χ4v) is 2.73. The molecule has 0 radical (unpaired) electrons. The summed E-state index contributed by atoms with van der Waals surface area (Å²) in [6, 6.07) is 18.0. The first-order valence-electron chi connectivity index (χ1n) is 8.74. The summed E-state index contributed by atoms with van der Waals surface area (Å²) in [4.78, 5) is 9.23. The zero-order chi connectivity index (χ0) is 19.9. The molecule has 0 spiro atoms. The summed E-state index contributed by atoms with van der Waals surface area (Å²) in [7, 11) is 0. The van der Waals surface area contributed by atoms with Crippen LogP contribution in [0.1, 0.15) is 12.5 Å². The standard InChI is InChI=1S/C22H20Cl2N4/c1-3-17(13-19(24)15(2)23)26-22-27-20-12-8-7-11-18(20)21(28-22)25-14-16-9-5-4-6-10-16/h3-13H,1,14H2,2H3,(H2,25,26,27,28)/b17-13-,19-15+. The zero-order valence-corrected chi connectivity index (χ0v) is 16.9. The molecule has 0 unspecified atom stereocenters. The van der Waals surface area contributed by atoms with Gasteiger partial charge in [0, 0.05) is 22.7 Å². The molecule has 3 rings (SSSR count). The molecule has 0 bridgehead atoms. The van der Waals surface area contributed by atoms with Gasteiger partial charge in [0.05, 0.1) is 10.5 Å². The van der Waals surface area contributed by atoms with Crippen molar-refractivity contribution in [3.8, 4) is 0 Å². The minimum absolute atomic E-state index is 0.423. The van der Waals surface area contributed by atoms with Gasteiger partial charge in [-0.3, -0.25) is 0 Å². The highest BCUT2D eigenvalue weighted by molar-refractivity contribution is 6.40. The smallest absolute Gasteiger partial charge is 0.229 e. The molecule has 3 aromatic rings. The number of hydrogen-bond donors (Lipinski definition) is 2. The van der Waals surface area contributed by atoms with E-state index in [9.17, 15) is 0 Å². The molecule has 6 heteroatoms. The first-order valence-corrected chi connectivity index (χ1v) is 9.50. The molecular formula is C22H20Cl2N4. The highest BCUT2D eigenvalue weighted by Crippen LogP contribution is 2.24.